The topological polar surface area (TPSA) is 98.0 Å². The summed E-state index contributed by atoms with van der Waals surface area (Å²) in [5.74, 6) is 0.965. The van der Waals surface area contributed by atoms with Crippen LogP contribution < -0.4 is 0 Å². The van der Waals surface area contributed by atoms with Gasteiger partial charge in [0, 0.05) is 0 Å². The molecule has 24 heavy (non-hydrogen) atoms. The maximum atomic E-state index is 8.63. The minimum absolute atomic E-state index is 0.250. The highest BCUT2D eigenvalue weighted by Crippen LogP contribution is 2.04. The molecule has 0 spiro atoms. The Hall–Kier alpha value is -3.47. The summed E-state index contributed by atoms with van der Waals surface area (Å²) < 4.78 is 0. The highest BCUT2D eigenvalue weighted by Gasteiger charge is 1.76. The van der Waals surface area contributed by atoms with Crippen molar-refractivity contribution in [2.75, 3.05) is 0 Å². The molecule has 0 atom stereocenters. The quantitative estimate of drug-likeness (QED) is 0.470. The summed E-state index contributed by atoms with van der Waals surface area (Å²) in [6.07, 6.45) is 0. The van der Waals surface area contributed by atoms with E-state index in [4.69, 9.17) is 25.2 Å². The van der Waals surface area contributed by atoms with Crippen molar-refractivity contribution in [2.24, 2.45) is 0 Å². The average molecular weight is 328 g/mol. The molecule has 0 unspecified atom stereocenters. The number of hydrogen-bond donors (Lipinski definition) is 4. The number of carbonyl (C=O) groups is 1. The van der Waals surface area contributed by atoms with E-state index < -0.39 is 0 Å². The van der Waals surface area contributed by atoms with E-state index in [0.29, 0.717) is 17.2 Å². The van der Waals surface area contributed by atoms with Crippen LogP contribution in [0.3, 0.4) is 0 Å². The Morgan fingerprint density at radius 3 is 0.750 bits per heavy atom. The lowest BCUT2D eigenvalue weighted by molar-refractivity contribution is -0.122. The van der Waals surface area contributed by atoms with E-state index in [1.807, 2.05) is 18.2 Å². The lowest BCUT2D eigenvalue weighted by atomic mass is 10.3. The second-order valence-corrected chi connectivity index (χ2v) is 4.11. The predicted octanol–water partition coefficient (Wildman–Crippen LogP) is 3.88. The maximum Gasteiger partial charge on any atom is 0.290 e. The first-order valence-corrected chi connectivity index (χ1v) is 6.90. The average Bonchev–Trinajstić information content (AvgIpc) is 2.59. The van der Waals surface area contributed by atoms with E-state index in [9.17, 15) is 0 Å². The van der Waals surface area contributed by atoms with E-state index in [-0.39, 0.29) is 6.47 Å². The van der Waals surface area contributed by atoms with E-state index in [1.165, 1.54) is 0 Å². The van der Waals surface area contributed by atoms with Crippen LogP contribution in [0.5, 0.6) is 17.2 Å². The molecule has 0 saturated carbocycles. The summed E-state index contributed by atoms with van der Waals surface area (Å²) in [4.78, 5) is 8.36. The molecule has 0 aromatic heterocycles. The first kappa shape index (κ1) is 20.5. The van der Waals surface area contributed by atoms with Crippen molar-refractivity contribution in [3.8, 4) is 17.2 Å². The second-order valence-electron chi connectivity index (χ2n) is 4.11. The summed E-state index contributed by atoms with van der Waals surface area (Å²) in [6, 6.07) is 26.1. The van der Waals surface area contributed by atoms with Gasteiger partial charge in [0.25, 0.3) is 6.47 Å². The number of para-hydroxylation sites is 3. The van der Waals surface area contributed by atoms with Crippen molar-refractivity contribution in [3.63, 3.8) is 0 Å². The van der Waals surface area contributed by atoms with Gasteiger partial charge in [-0.2, -0.15) is 0 Å². The van der Waals surface area contributed by atoms with E-state index >= 15 is 0 Å². The summed E-state index contributed by atoms with van der Waals surface area (Å²) in [5.41, 5.74) is 0. The van der Waals surface area contributed by atoms with Gasteiger partial charge in [-0.05, 0) is 36.4 Å². The Balaban J connectivity index is 0.000000306. The monoisotopic (exact) mass is 328 g/mol. The van der Waals surface area contributed by atoms with Gasteiger partial charge in [0.1, 0.15) is 17.2 Å². The Bertz CT molecular complexity index is 539. The molecule has 0 saturated heterocycles. The number of hydrogen-bond acceptors (Lipinski definition) is 4. The van der Waals surface area contributed by atoms with Crippen molar-refractivity contribution < 1.29 is 25.2 Å². The lowest BCUT2D eigenvalue weighted by Crippen LogP contribution is -1.56. The van der Waals surface area contributed by atoms with E-state index in [2.05, 4.69) is 0 Å². The number of rotatable bonds is 0. The van der Waals surface area contributed by atoms with Gasteiger partial charge in [-0.15, -0.1) is 0 Å². The SMILES string of the molecule is O=CO.Oc1ccccc1.Oc1ccccc1.Oc1ccccc1. The molecule has 5 nitrogen and oxygen atoms in total. The van der Waals surface area contributed by atoms with E-state index in [1.54, 1.807) is 72.8 Å². The zero-order chi connectivity index (χ0) is 18.0. The molecular formula is C19H20O5. The van der Waals surface area contributed by atoms with Crippen LogP contribution in [0.4, 0.5) is 0 Å². The zero-order valence-electron chi connectivity index (χ0n) is 12.9. The first-order chi connectivity index (χ1) is 11.6. The van der Waals surface area contributed by atoms with Crippen LogP contribution in [0, 0.1) is 0 Å². The van der Waals surface area contributed by atoms with Gasteiger partial charge < -0.3 is 20.4 Å². The van der Waals surface area contributed by atoms with Gasteiger partial charge in [-0.1, -0.05) is 54.6 Å². The lowest BCUT2D eigenvalue weighted by Gasteiger charge is -1.82. The van der Waals surface area contributed by atoms with Gasteiger partial charge in [-0.25, -0.2) is 0 Å². The standard InChI is InChI=1S/3C6H6O.CH2O2/c3*7-6-4-2-1-3-5-6;2-1-3/h3*1-5,7H;1H,(H,2,3). The van der Waals surface area contributed by atoms with Crippen molar-refractivity contribution in [1.82, 2.24) is 0 Å². The van der Waals surface area contributed by atoms with Crippen molar-refractivity contribution in [1.29, 1.82) is 0 Å². The highest BCUT2D eigenvalue weighted by atomic mass is 16.3. The van der Waals surface area contributed by atoms with Gasteiger partial charge in [-0.3, -0.25) is 4.79 Å². The molecular weight excluding hydrogens is 308 g/mol. The molecule has 5 heteroatoms. The van der Waals surface area contributed by atoms with Gasteiger partial charge in [0.15, 0.2) is 0 Å². The molecule has 0 fully saturated rings. The number of carboxylic acid groups (broad SMARTS) is 1. The van der Waals surface area contributed by atoms with E-state index in [0.717, 1.165) is 0 Å². The molecule has 0 amide bonds. The largest absolute Gasteiger partial charge is 0.508 e. The third-order valence-corrected chi connectivity index (χ3v) is 2.27. The summed E-state index contributed by atoms with van der Waals surface area (Å²) in [5, 5.41) is 32.8. The summed E-state index contributed by atoms with van der Waals surface area (Å²) in [6.45, 7) is -0.250. The van der Waals surface area contributed by atoms with Crippen LogP contribution in [-0.2, 0) is 4.79 Å². The smallest absolute Gasteiger partial charge is 0.290 e. The molecule has 0 heterocycles. The fourth-order valence-corrected chi connectivity index (χ4v) is 1.28. The minimum atomic E-state index is -0.250. The minimum Gasteiger partial charge on any atom is -0.508 e. The summed E-state index contributed by atoms with van der Waals surface area (Å²) in [7, 11) is 0. The normalized spacial score (nSPS) is 8.00. The number of benzene rings is 3. The van der Waals surface area contributed by atoms with Gasteiger partial charge >= 0.3 is 0 Å². The Labute approximate surface area is 140 Å². The predicted molar refractivity (Wildman–Crippen MR) is 93.0 cm³/mol. The van der Waals surface area contributed by atoms with Crippen LogP contribution in [-0.4, -0.2) is 26.9 Å². The van der Waals surface area contributed by atoms with Crippen molar-refractivity contribution in [2.45, 2.75) is 0 Å². The second kappa shape index (κ2) is 14.5. The molecule has 3 rings (SSSR count). The fraction of sp³-hybridized carbons (Fsp3) is 0. The highest BCUT2D eigenvalue weighted by molar-refractivity contribution is 5.32. The maximum absolute atomic E-state index is 8.63. The Kier molecular flexibility index (Phi) is 12.4. The molecule has 4 N–H and O–H groups in total. The molecule has 0 radical (unpaired) electrons. The van der Waals surface area contributed by atoms with Crippen molar-refractivity contribution in [3.05, 3.63) is 91.0 Å². The molecule has 3 aromatic carbocycles. The fourth-order valence-electron chi connectivity index (χ4n) is 1.28. The molecule has 126 valence electrons. The van der Waals surface area contributed by atoms with Crippen molar-refractivity contribution >= 4 is 6.47 Å². The van der Waals surface area contributed by atoms with Crippen LogP contribution in [0.2, 0.25) is 0 Å². The van der Waals surface area contributed by atoms with Crippen LogP contribution in [0.1, 0.15) is 0 Å². The molecule has 0 aliphatic heterocycles. The number of phenolic OH excluding ortho intramolecular Hbond substituents is 3. The number of phenols is 3. The third-order valence-electron chi connectivity index (χ3n) is 2.27. The molecule has 0 aliphatic rings. The molecule has 3 aromatic rings. The number of aromatic hydroxyl groups is 3. The van der Waals surface area contributed by atoms with Crippen LogP contribution in [0.25, 0.3) is 0 Å². The molecule has 0 bridgehead atoms. The van der Waals surface area contributed by atoms with Gasteiger partial charge in [0.05, 0.1) is 0 Å². The van der Waals surface area contributed by atoms with Gasteiger partial charge in [0.2, 0.25) is 0 Å². The van der Waals surface area contributed by atoms with Crippen LogP contribution >= 0.6 is 0 Å². The molecule has 0 aliphatic carbocycles. The van der Waals surface area contributed by atoms with Crippen LogP contribution in [0.15, 0.2) is 91.0 Å². The third kappa shape index (κ3) is 13.5. The first-order valence-electron chi connectivity index (χ1n) is 6.90. The zero-order valence-corrected chi connectivity index (χ0v) is 12.9. The summed E-state index contributed by atoms with van der Waals surface area (Å²) >= 11 is 0. The Morgan fingerprint density at radius 1 is 0.500 bits per heavy atom. The Morgan fingerprint density at radius 2 is 0.667 bits per heavy atom.